The third-order valence-corrected chi connectivity index (χ3v) is 5.73. The maximum atomic E-state index is 12.7. The number of aromatic nitrogens is 1. The summed E-state index contributed by atoms with van der Waals surface area (Å²) in [6.45, 7) is 3.94. The van der Waals surface area contributed by atoms with Crippen molar-refractivity contribution < 1.29 is 14.6 Å². The Morgan fingerprint density at radius 3 is 2.77 bits per heavy atom. The summed E-state index contributed by atoms with van der Waals surface area (Å²) < 4.78 is 5.16. The number of hydrogen-bond acceptors (Lipinski definition) is 6. The normalized spacial score (nSPS) is 16.2. The number of aromatic hydroxyl groups is 1. The van der Waals surface area contributed by atoms with Gasteiger partial charge in [0.1, 0.15) is 15.9 Å². The first-order valence-corrected chi connectivity index (χ1v) is 9.13. The Labute approximate surface area is 158 Å². The van der Waals surface area contributed by atoms with Gasteiger partial charge in [0, 0.05) is 11.1 Å². The zero-order valence-electron chi connectivity index (χ0n) is 14.3. The summed E-state index contributed by atoms with van der Waals surface area (Å²) in [5, 5.41) is 17.3. The first-order chi connectivity index (χ1) is 12.4. The molecule has 0 fully saturated rings. The molecule has 1 aliphatic rings. The average molecular weight is 390 g/mol. The molecular weight excluding hydrogens is 374 g/mol. The zero-order valence-corrected chi connectivity index (χ0v) is 15.9. The SMILES string of the molecule is COc1cc(C2NC(=O)c3sc4nc(C)cc(C)c4c3N2)cc(Cl)c1O. The molecule has 8 heteroatoms. The van der Waals surface area contributed by atoms with Crippen LogP contribution >= 0.6 is 22.9 Å². The summed E-state index contributed by atoms with van der Waals surface area (Å²) in [6.07, 6.45) is -0.500. The van der Waals surface area contributed by atoms with E-state index in [0.717, 1.165) is 27.2 Å². The van der Waals surface area contributed by atoms with Crippen LogP contribution in [0.1, 0.15) is 32.7 Å². The molecule has 0 saturated heterocycles. The number of amides is 1. The number of aryl methyl sites for hydroxylation is 2. The highest BCUT2D eigenvalue weighted by Crippen LogP contribution is 2.42. The second-order valence-electron chi connectivity index (χ2n) is 6.17. The molecule has 3 N–H and O–H groups in total. The van der Waals surface area contributed by atoms with Crippen LogP contribution in [0.2, 0.25) is 5.02 Å². The van der Waals surface area contributed by atoms with Crippen molar-refractivity contribution in [2.75, 3.05) is 12.4 Å². The van der Waals surface area contributed by atoms with E-state index in [1.165, 1.54) is 18.4 Å². The Bertz CT molecular complexity index is 1060. The Hall–Kier alpha value is -2.51. The van der Waals surface area contributed by atoms with Crippen LogP contribution in [0.25, 0.3) is 10.2 Å². The van der Waals surface area contributed by atoms with Crippen LogP contribution in [0.15, 0.2) is 18.2 Å². The van der Waals surface area contributed by atoms with E-state index >= 15 is 0 Å². The summed E-state index contributed by atoms with van der Waals surface area (Å²) in [4.78, 5) is 18.6. The first kappa shape index (κ1) is 16.9. The van der Waals surface area contributed by atoms with E-state index in [1.807, 2.05) is 19.9 Å². The lowest BCUT2D eigenvalue weighted by Gasteiger charge is -2.27. The largest absolute Gasteiger partial charge is 0.503 e. The average Bonchev–Trinajstić information content (AvgIpc) is 2.96. The lowest BCUT2D eigenvalue weighted by atomic mass is 10.1. The molecule has 6 nitrogen and oxygen atoms in total. The summed E-state index contributed by atoms with van der Waals surface area (Å²) in [5.74, 6) is -0.0535. The van der Waals surface area contributed by atoms with Crippen molar-refractivity contribution in [1.29, 1.82) is 0 Å². The van der Waals surface area contributed by atoms with Crippen molar-refractivity contribution in [3.05, 3.63) is 44.9 Å². The Balaban J connectivity index is 1.84. The predicted octanol–water partition coefficient (Wildman–Crippen LogP) is 4.13. The number of ether oxygens (including phenoxy) is 1. The predicted molar refractivity (Wildman–Crippen MR) is 103 cm³/mol. The monoisotopic (exact) mass is 389 g/mol. The van der Waals surface area contributed by atoms with Crippen LogP contribution < -0.4 is 15.4 Å². The highest BCUT2D eigenvalue weighted by Gasteiger charge is 2.30. The number of carbonyl (C=O) groups excluding carboxylic acids is 1. The second kappa shape index (κ2) is 6.03. The number of fused-ring (bicyclic) bond motifs is 3. The van der Waals surface area contributed by atoms with Gasteiger partial charge in [0.15, 0.2) is 11.5 Å². The van der Waals surface area contributed by atoms with Crippen LogP contribution in [-0.4, -0.2) is 23.1 Å². The highest BCUT2D eigenvalue weighted by molar-refractivity contribution is 7.21. The molecule has 0 aliphatic carbocycles. The van der Waals surface area contributed by atoms with Gasteiger partial charge in [-0.2, -0.15) is 0 Å². The molecule has 0 spiro atoms. The van der Waals surface area contributed by atoms with Gasteiger partial charge in [0.05, 0.1) is 17.8 Å². The molecule has 1 amide bonds. The molecule has 26 heavy (non-hydrogen) atoms. The van der Waals surface area contributed by atoms with Gasteiger partial charge in [-0.25, -0.2) is 4.98 Å². The molecule has 134 valence electrons. The van der Waals surface area contributed by atoms with E-state index in [4.69, 9.17) is 16.3 Å². The van der Waals surface area contributed by atoms with E-state index in [-0.39, 0.29) is 22.4 Å². The number of phenolic OH excluding ortho intramolecular Hbond substituents is 1. The van der Waals surface area contributed by atoms with Crippen molar-refractivity contribution >= 4 is 44.7 Å². The number of phenols is 1. The van der Waals surface area contributed by atoms with E-state index in [1.54, 1.807) is 12.1 Å². The number of pyridine rings is 1. The first-order valence-electron chi connectivity index (χ1n) is 7.93. The van der Waals surface area contributed by atoms with Crippen LogP contribution in [0.4, 0.5) is 5.69 Å². The molecule has 0 saturated carbocycles. The molecule has 2 aromatic heterocycles. The van der Waals surface area contributed by atoms with Gasteiger partial charge in [-0.05, 0) is 43.2 Å². The zero-order chi connectivity index (χ0) is 18.6. The number of methoxy groups -OCH3 is 1. The maximum absolute atomic E-state index is 12.7. The van der Waals surface area contributed by atoms with Gasteiger partial charge >= 0.3 is 0 Å². The lowest BCUT2D eigenvalue weighted by molar-refractivity contribution is 0.0940. The van der Waals surface area contributed by atoms with Gasteiger partial charge in [0.25, 0.3) is 5.91 Å². The summed E-state index contributed by atoms with van der Waals surface area (Å²) in [7, 11) is 1.45. The summed E-state index contributed by atoms with van der Waals surface area (Å²) in [5.41, 5.74) is 3.43. The Kier molecular flexibility index (Phi) is 3.93. The minimum Gasteiger partial charge on any atom is -0.503 e. The standard InChI is InChI=1S/C18H16ClN3O3S/c1-7-4-8(2)20-18-12(7)13-15(26-18)17(24)22-16(21-13)9-5-10(19)14(23)11(6-9)25-3/h4-6,16,21,23H,1-3H3,(H,22,24). The number of thiophene rings is 1. The minimum absolute atomic E-state index is 0.128. The van der Waals surface area contributed by atoms with Crippen molar-refractivity contribution in [3.63, 3.8) is 0 Å². The molecule has 3 aromatic rings. The molecule has 1 aliphatic heterocycles. The van der Waals surface area contributed by atoms with E-state index in [0.29, 0.717) is 10.4 Å². The molecule has 0 radical (unpaired) electrons. The number of halogens is 1. The number of hydrogen-bond donors (Lipinski definition) is 3. The molecule has 1 atom stereocenters. The van der Waals surface area contributed by atoms with E-state index in [9.17, 15) is 9.90 Å². The van der Waals surface area contributed by atoms with Crippen molar-refractivity contribution in [1.82, 2.24) is 10.3 Å². The van der Waals surface area contributed by atoms with Crippen molar-refractivity contribution in [2.45, 2.75) is 20.0 Å². The molecular formula is C18H16ClN3O3S. The van der Waals surface area contributed by atoms with Gasteiger partial charge < -0.3 is 20.5 Å². The molecule has 1 aromatic carbocycles. The maximum Gasteiger partial charge on any atom is 0.265 e. The van der Waals surface area contributed by atoms with Crippen LogP contribution in [0, 0.1) is 13.8 Å². The van der Waals surface area contributed by atoms with Crippen molar-refractivity contribution in [2.24, 2.45) is 0 Å². The summed E-state index contributed by atoms with van der Waals surface area (Å²) >= 11 is 7.46. The number of benzene rings is 1. The second-order valence-corrected chi connectivity index (χ2v) is 7.58. The van der Waals surface area contributed by atoms with Crippen molar-refractivity contribution in [3.8, 4) is 11.5 Å². The Morgan fingerprint density at radius 2 is 2.04 bits per heavy atom. The van der Waals surface area contributed by atoms with Gasteiger partial charge in [0.2, 0.25) is 0 Å². The third-order valence-electron chi connectivity index (χ3n) is 4.36. The molecule has 0 bridgehead atoms. The topological polar surface area (TPSA) is 83.5 Å². The van der Waals surface area contributed by atoms with Crippen LogP contribution in [0.3, 0.4) is 0 Å². The number of nitrogens with one attached hydrogen (secondary N) is 2. The number of carbonyl (C=O) groups is 1. The molecule has 1 unspecified atom stereocenters. The van der Waals surface area contributed by atoms with E-state index in [2.05, 4.69) is 15.6 Å². The quantitative estimate of drug-likeness (QED) is 0.613. The number of anilines is 1. The third kappa shape index (κ3) is 2.55. The Morgan fingerprint density at radius 1 is 1.27 bits per heavy atom. The number of nitrogens with zero attached hydrogens (tertiary/aromatic N) is 1. The fraction of sp³-hybridized carbons (Fsp3) is 0.222. The minimum atomic E-state index is -0.500. The van der Waals surface area contributed by atoms with Gasteiger partial charge in [-0.1, -0.05) is 11.6 Å². The van der Waals surface area contributed by atoms with E-state index < -0.39 is 6.17 Å². The summed E-state index contributed by atoms with van der Waals surface area (Å²) in [6, 6.07) is 5.25. The van der Waals surface area contributed by atoms with Gasteiger partial charge in [-0.3, -0.25) is 4.79 Å². The molecule has 4 rings (SSSR count). The highest BCUT2D eigenvalue weighted by atomic mass is 35.5. The number of rotatable bonds is 2. The van der Waals surface area contributed by atoms with Crippen LogP contribution in [0.5, 0.6) is 11.5 Å². The van der Waals surface area contributed by atoms with Gasteiger partial charge in [-0.15, -0.1) is 11.3 Å². The fourth-order valence-electron chi connectivity index (χ4n) is 3.20. The fourth-order valence-corrected chi connectivity index (χ4v) is 4.58. The van der Waals surface area contributed by atoms with Crippen LogP contribution in [-0.2, 0) is 0 Å². The lowest BCUT2D eigenvalue weighted by Crippen LogP contribution is -2.37. The molecule has 3 heterocycles. The smallest absolute Gasteiger partial charge is 0.265 e.